The van der Waals surface area contributed by atoms with Crippen LogP contribution in [0.1, 0.15) is 25.0 Å². The zero-order chi connectivity index (χ0) is 10.6. The normalized spacial score (nSPS) is 11.7. The van der Waals surface area contributed by atoms with Crippen molar-refractivity contribution >= 4 is 0 Å². The Morgan fingerprint density at radius 2 is 1.64 bits per heavy atom. The fourth-order valence-electron chi connectivity index (χ4n) is 1.37. The van der Waals surface area contributed by atoms with E-state index in [9.17, 15) is 5.11 Å². The summed E-state index contributed by atoms with van der Waals surface area (Å²) in [6.07, 6.45) is 0.639. The number of hydrogen-bond donors (Lipinski definition) is 3. The first kappa shape index (κ1) is 11.2. The zero-order valence-electron chi connectivity index (χ0n) is 8.62. The van der Waals surface area contributed by atoms with Crippen molar-refractivity contribution in [1.82, 2.24) is 5.48 Å². The Morgan fingerprint density at radius 3 is 2.07 bits per heavy atom. The second-order valence-electron chi connectivity index (χ2n) is 4.14. The Bertz CT molecular complexity index is 274. The lowest BCUT2D eigenvalue weighted by molar-refractivity contribution is 0.0810. The number of hydrogen-bond acceptors (Lipinski definition) is 3. The zero-order valence-corrected chi connectivity index (χ0v) is 8.62. The second kappa shape index (κ2) is 4.55. The predicted molar refractivity (Wildman–Crippen MR) is 55.1 cm³/mol. The standard InChI is InChI=1S/C11H17NO2/c1-11(2,13)7-9-3-5-10(6-4-9)8-12-14/h3-6,12-14H,7-8H2,1-2H3. The molecule has 3 nitrogen and oxygen atoms in total. The molecule has 0 aliphatic carbocycles. The summed E-state index contributed by atoms with van der Waals surface area (Å²) in [6, 6.07) is 7.80. The Balaban J connectivity index is 2.64. The van der Waals surface area contributed by atoms with Crippen LogP contribution in [-0.2, 0) is 13.0 Å². The Kier molecular flexibility index (Phi) is 3.63. The highest BCUT2D eigenvalue weighted by molar-refractivity contribution is 5.23. The van der Waals surface area contributed by atoms with Gasteiger partial charge in [-0.25, -0.2) is 5.48 Å². The van der Waals surface area contributed by atoms with Gasteiger partial charge in [-0.3, -0.25) is 0 Å². The van der Waals surface area contributed by atoms with E-state index >= 15 is 0 Å². The molecule has 3 heteroatoms. The Morgan fingerprint density at radius 1 is 1.14 bits per heavy atom. The summed E-state index contributed by atoms with van der Waals surface area (Å²) in [7, 11) is 0. The van der Waals surface area contributed by atoms with E-state index in [-0.39, 0.29) is 0 Å². The van der Waals surface area contributed by atoms with Gasteiger partial charge in [0.25, 0.3) is 0 Å². The molecular formula is C11H17NO2. The summed E-state index contributed by atoms with van der Waals surface area (Å²) in [5.41, 5.74) is 3.55. The second-order valence-corrected chi connectivity index (χ2v) is 4.14. The van der Waals surface area contributed by atoms with E-state index in [1.165, 1.54) is 0 Å². The van der Waals surface area contributed by atoms with Crippen molar-refractivity contribution in [3.63, 3.8) is 0 Å². The first-order valence-corrected chi connectivity index (χ1v) is 4.68. The molecule has 0 aliphatic heterocycles. The van der Waals surface area contributed by atoms with Crippen LogP contribution in [0.25, 0.3) is 0 Å². The number of benzene rings is 1. The Hall–Kier alpha value is -0.900. The third-order valence-electron chi connectivity index (χ3n) is 1.94. The molecule has 0 amide bonds. The van der Waals surface area contributed by atoms with Crippen LogP contribution in [-0.4, -0.2) is 15.9 Å². The van der Waals surface area contributed by atoms with Crippen LogP contribution >= 0.6 is 0 Å². The molecule has 0 bridgehead atoms. The lowest BCUT2D eigenvalue weighted by Gasteiger charge is -2.16. The smallest absolute Gasteiger partial charge is 0.0631 e. The van der Waals surface area contributed by atoms with Crippen molar-refractivity contribution in [2.24, 2.45) is 0 Å². The first-order valence-electron chi connectivity index (χ1n) is 4.68. The van der Waals surface area contributed by atoms with Crippen molar-refractivity contribution in [1.29, 1.82) is 0 Å². The van der Waals surface area contributed by atoms with Gasteiger partial charge in [0.15, 0.2) is 0 Å². The molecule has 0 saturated carbocycles. The van der Waals surface area contributed by atoms with Gasteiger partial charge in [-0.05, 0) is 25.0 Å². The van der Waals surface area contributed by atoms with E-state index in [0.29, 0.717) is 13.0 Å². The van der Waals surface area contributed by atoms with Gasteiger partial charge in [0.05, 0.1) is 5.60 Å². The molecule has 1 aromatic rings. The van der Waals surface area contributed by atoms with Crippen LogP contribution in [0.15, 0.2) is 24.3 Å². The maximum Gasteiger partial charge on any atom is 0.0631 e. The SMILES string of the molecule is CC(C)(O)Cc1ccc(CNO)cc1. The topological polar surface area (TPSA) is 52.5 Å². The van der Waals surface area contributed by atoms with Crippen molar-refractivity contribution in [2.75, 3.05) is 0 Å². The van der Waals surface area contributed by atoms with Gasteiger partial charge in [0.1, 0.15) is 0 Å². The van der Waals surface area contributed by atoms with Gasteiger partial charge in [-0.15, -0.1) is 0 Å². The predicted octanol–water partition coefficient (Wildman–Crippen LogP) is 1.48. The van der Waals surface area contributed by atoms with E-state index in [1.807, 2.05) is 24.3 Å². The molecule has 0 heterocycles. The summed E-state index contributed by atoms with van der Waals surface area (Å²) in [4.78, 5) is 0. The summed E-state index contributed by atoms with van der Waals surface area (Å²) >= 11 is 0. The largest absolute Gasteiger partial charge is 0.390 e. The number of aliphatic hydroxyl groups is 1. The van der Waals surface area contributed by atoms with Crippen LogP contribution in [0, 0.1) is 0 Å². The molecular weight excluding hydrogens is 178 g/mol. The van der Waals surface area contributed by atoms with E-state index in [0.717, 1.165) is 11.1 Å². The third-order valence-corrected chi connectivity index (χ3v) is 1.94. The average Bonchev–Trinajstić information content (AvgIpc) is 2.06. The van der Waals surface area contributed by atoms with Gasteiger partial charge in [0, 0.05) is 13.0 Å². The highest BCUT2D eigenvalue weighted by Gasteiger charge is 2.12. The summed E-state index contributed by atoms with van der Waals surface area (Å²) in [5, 5.41) is 18.1. The van der Waals surface area contributed by atoms with Crippen molar-refractivity contribution in [2.45, 2.75) is 32.4 Å². The molecule has 0 aromatic heterocycles. The average molecular weight is 195 g/mol. The molecule has 14 heavy (non-hydrogen) atoms. The van der Waals surface area contributed by atoms with Gasteiger partial charge in [-0.1, -0.05) is 24.3 Å². The fraction of sp³-hybridized carbons (Fsp3) is 0.455. The molecule has 0 radical (unpaired) electrons. The van der Waals surface area contributed by atoms with Gasteiger partial charge in [-0.2, -0.15) is 0 Å². The highest BCUT2D eigenvalue weighted by atomic mass is 16.5. The van der Waals surface area contributed by atoms with Gasteiger partial charge >= 0.3 is 0 Å². The maximum atomic E-state index is 9.59. The maximum absolute atomic E-state index is 9.59. The molecule has 0 aliphatic rings. The lowest BCUT2D eigenvalue weighted by atomic mass is 9.98. The van der Waals surface area contributed by atoms with E-state index in [4.69, 9.17) is 5.21 Å². The molecule has 0 fully saturated rings. The summed E-state index contributed by atoms with van der Waals surface area (Å²) < 4.78 is 0. The molecule has 0 saturated heterocycles. The monoisotopic (exact) mass is 195 g/mol. The van der Waals surface area contributed by atoms with Crippen LogP contribution in [0.5, 0.6) is 0 Å². The molecule has 78 valence electrons. The molecule has 0 atom stereocenters. The summed E-state index contributed by atoms with van der Waals surface area (Å²) in [6.45, 7) is 4.02. The van der Waals surface area contributed by atoms with Crippen LogP contribution < -0.4 is 5.48 Å². The van der Waals surface area contributed by atoms with Crippen molar-refractivity contribution in [3.8, 4) is 0 Å². The minimum absolute atomic E-state index is 0.447. The van der Waals surface area contributed by atoms with E-state index in [2.05, 4.69) is 5.48 Å². The highest BCUT2D eigenvalue weighted by Crippen LogP contribution is 2.12. The van der Waals surface area contributed by atoms with Crippen LogP contribution in [0.4, 0.5) is 0 Å². The fourth-order valence-corrected chi connectivity index (χ4v) is 1.37. The number of rotatable bonds is 4. The Labute approximate surface area is 84.3 Å². The van der Waals surface area contributed by atoms with Crippen molar-refractivity contribution < 1.29 is 10.3 Å². The molecule has 0 spiro atoms. The quantitative estimate of drug-likeness (QED) is 0.638. The number of nitrogens with one attached hydrogen (secondary N) is 1. The minimum Gasteiger partial charge on any atom is -0.390 e. The molecule has 1 rings (SSSR count). The van der Waals surface area contributed by atoms with Crippen LogP contribution in [0.2, 0.25) is 0 Å². The van der Waals surface area contributed by atoms with Gasteiger partial charge < -0.3 is 10.3 Å². The van der Waals surface area contributed by atoms with Crippen LogP contribution in [0.3, 0.4) is 0 Å². The minimum atomic E-state index is -0.670. The molecule has 1 aromatic carbocycles. The number of hydroxylamine groups is 1. The van der Waals surface area contributed by atoms with E-state index < -0.39 is 5.60 Å². The summed E-state index contributed by atoms with van der Waals surface area (Å²) in [5.74, 6) is 0. The molecule has 3 N–H and O–H groups in total. The lowest BCUT2D eigenvalue weighted by Crippen LogP contribution is -2.21. The molecule has 0 unspecified atom stereocenters. The third kappa shape index (κ3) is 3.87. The van der Waals surface area contributed by atoms with Crippen molar-refractivity contribution in [3.05, 3.63) is 35.4 Å². The van der Waals surface area contributed by atoms with Gasteiger partial charge in [0.2, 0.25) is 0 Å². The van der Waals surface area contributed by atoms with E-state index in [1.54, 1.807) is 13.8 Å². The first-order chi connectivity index (χ1) is 6.51.